The SMILES string of the molecule is CCCCCCCCCCCCCCCCCCCCCC(=O)NCCC[N+](C)(C)CC.CCCCCCCCCCCCCCCCCCCCCC(=O)NCCC[N+](C)(C)CC.O=S(=O)([O-])[O-]. The van der Waals surface area contributed by atoms with Crippen molar-refractivity contribution in [2.24, 2.45) is 0 Å². The molecule has 0 fully saturated rings. The van der Waals surface area contributed by atoms with Crippen molar-refractivity contribution in [2.75, 3.05) is 67.5 Å². The third-order valence-corrected chi connectivity index (χ3v) is 14.3. The van der Waals surface area contributed by atoms with Crippen LogP contribution >= 0.6 is 0 Å². The van der Waals surface area contributed by atoms with E-state index in [2.05, 4.69) is 66.5 Å². The largest absolute Gasteiger partial charge is 0.759 e. The third-order valence-electron chi connectivity index (χ3n) is 14.3. The molecule has 11 heteroatoms. The van der Waals surface area contributed by atoms with Gasteiger partial charge in [-0.1, -0.05) is 245 Å². The van der Waals surface area contributed by atoms with Crippen LogP contribution in [-0.4, -0.2) is 106 Å². The van der Waals surface area contributed by atoms with Crippen LogP contribution in [0.2, 0.25) is 0 Å². The standard InChI is InChI=1S/2C29H60N2O.H2O4S/c2*1-5-7-8-9-10-11-12-13-14-15-16-17-18-19-20-21-22-23-24-26-29(32)30-27-25-28-31(3,4)6-2;1-5(2,3)4/h2*5-28H2,1-4H3;(H2,1,2,3,4). The maximum Gasteiger partial charge on any atom is 0.219 e. The monoisotopic (exact) mass is 1000 g/mol. The molecule has 0 spiro atoms. The van der Waals surface area contributed by atoms with Crippen molar-refractivity contribution in [2.45, 2.75) is 297 Å². The molecule has 0 aliphatic carbocycles. The van der Waals surface area contributed by atoms with Gasteiger partial charge in [0.25, 0.3) is 0 Å². The molecule has 2 amide bonds. The van der Waals surface area contributed by atoms with Crippen LogP contribution in [0.25, 0.3) is 0 Å². The minimum Gasteiger partial charge on any atom is -0.759 e. The van der Waals surface area contributed by atoms with Gasteiger partial charge < -0.3 is 28.7 Å². The molecule has 0 rings (SSSR count). The average Bonchev–Trinajstić information content (AvgIpc) is 3.30. The van der Waals surface area contributed by atoms with Gasteiger partial charge >= 0.3 is 0 Å². The van der Waals surface area contributed by atoms with Gasteiger partial charge in [0.2, 0.25) is 11.8 Å². The summed E-state index contributed by atoms with van der Waals surface area (Å²) >= 11 is 0. The Morgan fingerprint density at radius 2 is 0.507 bits per heavy atom. The summed E-state index contributed by atoms with van der Waals surface area (Å²) in [6, 6.07) is 0. The summed E-state index contributed by atoms with van der Waals surface area (Å²) in [6.45, 7) is 15.3. The summed E-state index contributed by atoms with van der Waals surface area (Å²) in [6.07, 6.45) is 56.5. The zero-order valence-electron chi connectivity index (χ0n) is 47.7. The number of carbonyl (C=O) groups excluding carboxylic acids is 2. The molecule has 0 bridgehead atoms. The van der Waals surface area contributed by atoms with E-state index in [1.54, 1.807) is 0 Å². The minimum atomic E-state index is -5.17. The lowest BCUT2D eigenvalue weighted by Crippen LogP contribution is -2.41. The molecule has 0 unspecified atom stereocenters. The molecule has 0 aromatic heterocycles. The quantitative estimate of drug-likeness (QED) is 0.0269. The number of rotatable bonds is 50. The van der Waals surface area contributed by atoms with E-state index >= 15 is 0 Å². The fourth-order valence-corrected chi connectivity index (χ4v) is 8.69. The summed E-state index contributed by atoms with van der Waals surface area (Å²) < 4.78 is 36.2. The van der Waals surface area contributed by atoms with Crippen LogP contribution in [0.5, 0.6) is 0 Å². The van der Waals surface area contributed by atoms with Crippen LogP contribution in [-0.2, 0) is 20.0 Å². The molecule has 10 nitrogen and oxygen atoms in total. The molecular formula is C58H122N4O6S. The summed E-state index contributed by atoms with van der Waals surface area (Å²) in [5, 5.41) is 6.18. The summed E-state index contributed by atoms with van der Waals surface area (Å²) in [7, 11) is 3.84. The first-order chi connectivity index (χ1) is 33.0. The van der Waals surface area contributed by atoms with Crippen molar-refractivity contribution in [1.29, 1.82) is 0 Å². The second-order valence-corrected chi connectivity index (χ2v) is 22.8. The number of nitrogens with zero attached hydrogens (tertiary/aromatic N) is 2. The van der Waals surface area contributed by atoms with E-state index in [1.165, 1.54) is 231 Å². The first-order valence-corrected chi connectivity index (χ1v) is 31.2. The predicted octanol–water partition coefficient (Wildman–Crippen LogP) is 15.5. The molecular weight excluding hydrogens is 881 g/mol. The Kier molecular flexibility index (Phi) is 56.9. The van der Waals surface area contributed by atoms with E-state index in [-0.39, 0.29) is 11.8 Å². The van der Waals surface area contributed by atoms with Crippen LogP contribution in [0.15, 0.2) is 0 Å². The summed E-state index contributed by atoms with van der Waals surface area (Å²) in [5.41, 5.74) is 0. The Bertz CT molecular complexity index is 1090. The van der Waals surface area contributed by atoms with Gasteiger partial charge in [0, 0.05) is 49.2 Å². The van der Waals surface area contributed by atoms with E-state index in [4.69, 9.17) is 17.5 Å². The van der Waals surface area contributed by atoms with E-state index in [9.17, 15) is 9.59 Å². The molecule has 2 N–H and O–H groups in total. The second kappa shape index (κ2) is 54.5. The number of carbonyl (C=O) groups is 2. The molecule has 0 saturated heterocycles. The second-order valence-electron chi connectivity index (χ2n) is 22.0. The first kappa shape index (κ1) is 72.0. The van der Waals surface area contributed by atoms with E-state index in [0.29, 0.717) is 12.8 Å². The molecule has 0 aromatic rings. The molecule has 416 valence electrons. The Morgan fingerprint density at radius 3 is 0.681 bits per heavy atom. The van der Waals surface area contributed by atoms with Gasteiger partial charge in [-0.2, -0.15) is 0 Å². The summed E-state index contributed by atoms with van der Waals surface area (Å²) in [5.74, 6) is 0.498. The topological polar surface area (TPSA) is 138 Å². The van der Waals surface area contributed by atoms with Gasteiger partial charge in [0.05, 0.1) is 54.4 Å². The zero-order valence-corrected chi connectivity index (χ0v) is 48.5. The Hall–Kier alpha value is -1.27. The lowest BCUT2D eigenvalue weighted by atomic mass is 10.0. The van der Waals surface area contributed by atoms with Gasteiger partial charge in [-0.3, -0.25) is 18.0 Å². The minimum absolute atomic E-state index is 0.249. The lowest BCUT2D eigenvalue weighted by Gasteiger charge is -2.28. The molecule has 0 aliphatic rings. The smallest absolute Gasteiger partial charge is 0.219 e. The molecule has 0 radical (unpaired) electrons. The Balaban J connectivity index is -0.00000115. The Labute approximate surface area is 432 Å². The highest BCUT2D eigenvalue weighted by atomic mass is 32.3. The van der Waals surface area contributed by atoms with Crippen LogP contribution in [0.4, 0.5) is 0 Å². The van der Waals surface area contributed by atoms with Crippen LogP contribution in [0.1, 0.15) is 297 Å². The van der Waals surface area contributed by atoms with Gasteiger partial charge in [-0.15, -0.1) is 0 Å². The van der Waals surface area contributed by atoms with Gasteiger partial charge in [-0.25, -0.2) is 0 Å². The molecule has 0 aliphatic heterocycles. The number of unbranched alkanes of at least 4 members (excludes halogenated alkanes) is 36. The van der Waals surface area contributed by atoms with Crippen LogP contribution in [0, 0.1) is 0 Å². The predicted molar refractivity (Wildman–Crippen MR) is 297 cm³/mol. The fraction of sp³-hybridized carbons (Fsp3) is 0.966. The van der Waals surface area contributed by atoms with Gasteiger partial charge in [0.15, 0.2) is 0 Å². The highest BCUT2D eigenvalue weighted by Gasteiger charge is 2.12. The van der Waals surface area contributed by atoms with E-state index < -0.39 is 10.4 Å². The number of quaternary nitrogens is 2. The lowest BCUT2D eigenvalue weighted by molar-refractivity contribution is -0.888. The molecule has 0 heterocycles. The highest BCUT2D eigenvalue weighted by Crippen LogP contribution is 2.17. The van der Waals surface area contributed by atoms with Gasteiger partial charge in [0.1, 0.15) is 0 Å². The van der Waals surface area contributed by atoms with Crippen molar-refractivity contribution >= 4 is 22.2 Å². The van der Waals surface area contributed by atoms with Crippen molar-refractivity contribution in [3.63, 3.8) is 0 Å². The first-order valence-electron chi connectivity index (χ1n) is 29.9. The maximum absolute atomic E-state index is 11.9. The number of hydrogen-bond acceptors (Lipinski definition) is 6. The van der Waals surface area contributed by atoms with Crippen LogP contribution in [0.3, 0.4) is 0 Å². The highest BCUT2D eigenvalue weighted by molar-refractivity contribution is 7.79. The fourth-order valence-electron chi connectivity index (χ4n) is 8.69. The van der Waals surface area contributed by atoms with Crippen LogP contribution < -0.4 is 10.6 Å². The normalized spacial score (nSPS) is 11.7. The third kappa shape index (κ3) is 71.1. The molecule has 0 atom stereocenters. The zero-order chi connectivity index (χ0) is 52.0. The van der Waals surface area contributed by atoms with Crippen molar-refractivity contribution in [3.05, 3.63) is 0 Å². The van der Waals surface area contributed by atoms with E-state index in [1.807, 2.05) is 0 Å². The Morgan fingerprint density at radius 1 is 0.333 bits per heavy atom. The average molecular weight is 1000 g/mol. The molecule has 69 heavy (non-hydrogen) atoms. The van der Waals surface area contributed by atoms with Crippen molar-refractivity contribution in [3.8, 4) is 0 Å². The van der Waals surface area contributed by atoms with Crippen molar-refractivity contribution in [1.82, 2.24) is 10.6 Å². The molecule has 0 saturated carbocycles. The van der Waals surface area contributed by atoms with E-state index in [0.717, 1.165) is 73.9 Å². The number of amides is 2. The molecule has 0 aromatic carbocycles. The number of nitrogens with one attached hydrogen (secondary N) is 2. The van der Waals surface area contributed by atoms with Crippen molar-refractivity contribution < 1.29 is 36.1 Å². The maximum atomic E-state index is 11.9. The van der Waals surface area contributed by atoms with Gasteiger partial charge in [-0.05, 0) is 26.7 Å². The summed E-state index contributed by atoms with van der Waals surface area (Å²) in [4.78, 5) is 23.8. The number of hydrogen-bond donors (Lipinski definition) is 2.